The Labute approximate surface area is 176 Å². The van der Waals surface area contributed by atoms with Gasteiger partial charge in [-0.15, -0.1) is 0 Å². The van der Waals surface area contributed by atoms with Crippen molar-refractivity contribution in [3.05, 3.63) is 36.6 Å². The van der Waals surface area contributed by atoms with Gasteiger partial charge in [0, 0.05) is 10.8 Å². The number of carbonyl (C=O) groups excluding carboxylic acids is 1. The first-order chi connectivity index (χ1) is 12.0. The molecule has 0 radical (unpaired) electrons. The van der Waals surface area contributed by atoms with E-state index in [0.29, 0.717) is 11.1 Å². The number of alkyl halides is 1. The van der Waals surface area contributed by atoms with Gasteiger partial charge < -0.3 is 4.43 Å². The maximum atomic E-state index is 11.7. The topological polar surface area (TPSA) is 26.3 Å². The van der Waals surface area contributed by atoms with Crippen molar-refractivity contribution in [3.8, 4) is 0 Å². The average molecular weight is 456 g/mol. The summed E-state index contributed by atoms with van der Waals surface area (Å²) >= 11 is 3.23. The third-order valence-electron chi connectivity index (χ3n) is 6.75. The van der Waals surface area contributed by atoms with Crippen molar-refractivity contribution in [2.24, 2.45) is 21.7 Å². The van der Waals surface area contributed by atoms with Crippen LogP contribution in [0.25, 0.3) is 0 Å². The Morgan fingerprint density at radius 3 is 1.67 bits per heavy atom. The Morgan fingerprint density at radius 1 is 0.963 bits per heavy atom. The van der Waals surface area contributed by atoms with Gasteiger partial charge in [-0.2, -0.15) is 0 Å². The molecule has 27 heavy (non-hydrogen) atoms. The molecule has 4 heteroatoms. The SMILES string of the molecule is C=C(O[Si](C)(C)C)[C@]1(C)CC=CC1(C)C.CC1(C)C=CC[C@@]1(C)C(=O)CBr. The molecule has 0 aromatic heterocycles. The fourth-order valence-electron chi connectivity index (χ4n) is 3.65. The molecule has 0 aromatic carbocycles. The average Bonchev–Trinajstić information content (AvgIpc) is 2.94. The van der Waals surface area contributed by atoms with Crippen LogP contribution in [0.2, 0.25) is 19.6 Å². The summed E-state index contributed by atoms with van der Waals surface area (Å²) in [6.45, 7) is 23.9. The Bertz CT molecular complexity index is 639. The summed E-state index contributed by atoms with van der Waals surface area (Å²) in [6, 6.07) is 0. The minimum Gasteiger partial charge on any atom is -0.547 e. The molecule has 0 amide bonds. The highest BCUT2D eigenvalue weighted by molar-refractivity contribution is 9.09. The number of halogens is 1. The lowest BCUT2D eigenvalue weighted by molar-refractivity contribution is -0.128. The second kappa shape index (κ2) is 8.02. The van der Waals surface area contributed by atoms with Crippen molar-refractivity contribution >= 4 is 30.0 Å². The van der Waals surface area contributed by atoms with Gasteiger partial charge >= 0.3 is 0 Å². The van der Waals surface area contributed by atoms with Gasteiger partial charge in [0.15, 0.2) is 0 Å². The summed E-state index contributed by atoms with van der Waals surface area (Å²) in [5.74, 6) is 1.27. The molecule has 2 aliphatic carbocycles. The monoisotopic (exact) mass is 454 g/mol. The largest absolute Gasteiger partial charge is 0.547 e. The maximum Gasteiger partial charge on any atom is 0.241 e. The van der Waals surface area contributed by atoms with E-state index in [1.165, 1.54) is 0 Å². The number of hydrogen-bond acceptors (Lipinski definition) is 2. The van der Waals surface area contributed by atoms with Crippen molar-refractivity contribution in [2.45, 2.75) is 74.0 Å². The van der Waals surface area contributed by atoms with E-state index in [0.717, 1.165) is 18.6 Å². The number of carbonyl (C=O) groups is 1. The van der Waals surface area contributed by atoms with Crippen LogP contribution < -0.4 is 0 Å². The van der Waals surface area contributed by atoms with Gasteiger partial charge in [-0.1, -0.05) is 88.4 Å². The summed E-state index contributed by atoms with van der Waals surface area (Å²) in [7, 11) is -1.52. The molecule has 0 aliphatic heterocycles. The molecular formula is C23H39BrO2Si. The molecule has 0 unspecified atom stereocenters. The van der Waals surface area contributed by atoms with Crippen LogP contribution >= 0.6 is 15.9 Å². The van der Waals surface area contributed by atoms with E-state index < -0.39 is 8.32 Å². The lowest BCUT2D eigenvalue weighted by Crippen LogP contribution is -2.38. The van der Waals surface area contributed by atoms with Crippen LogP contribution in [0.5, 0.6) is 0 Å². The number of rotatable bonds is 5. The van der Waals surface area contributed by atoms with E-state index in [4.69, 9.17) is 4.43 Å². The van der Waals surface area contributed by atoms with Gasteiger partial charge in [-0.3, -0.25) is 4.79 Å². The van der Waals surface area contributed by atoms with Gasteiger partial charge in [-0.25, -0.2) is 0 Å². The maximum absolute atomic E-state index is 11.7. The second-order valence-corrected chi connectivity index (χ2v) is 15.5. The molecule has 0 bridgehead atoms. The van der Waals surface area contributed by atoms with E-state index in [-0.39, 0.29) is 21.7 Å². The van der Waals surface area contributed by atoms with Crippen molar-refractivity contribution < 1.29 is 9.22 Å². The first kappa shape index (κ1) is 24.4. The van der Waals surface area contributed by atoms with Gasteiger partial charge in [0.05, 0.1) is 11.1 Å². The molecule has 2 atom stereocenters. The number of hydrogen-bond donors (Lipinski definition) is 0. The number of ketones is 1. The molecule has 0 saturated heterocycles. The molecule has 2 rings (SSSR count). The van der Waals surface area contributed by atoms with E-state index in [1.807, 2.05) is 0 Å². The van der Waals surface area contributed by atoms with Crippen LogP contribution in [0.15, 0.2) is 36.6 Å². The lowest BCUT2D eigenvalue weighted by Gasteiger charge is -2.41. The minimum absolute atomic E-state index is 0.0118. The van der Waals surface area contributed by atoms with Crippen LogP contribution in [0.3, 0.4) is 0 Å². The van der Waals surface area contributed by atoms with Crippen LogP contribution in [-0.4, -0.2) is 19.4 Å². The van der Waals surface area contributed by atoms with Gasteiger partial charge in [0.25, 0.3) is 0 Å². The smallest absolute Gasteiger partial charge is 0.241 e. The zero-order valence-electron chi connectivity index (χ0n) is 18.8. The van der Waals surface area contributed by atoms with Crippen molar-refractivity contribution in [1.82, 2.24) is 0 Å². The summed E-state index contributed by atoms with van der Waals surface area (Å²) in [6.07, 6.45) is 10.7. The van der Waals surface area contributed by atoms with Crippen LogP contribution in [-0.2, 0) is 9.22 Å². The van der Waals surface area contributed by atoms with Crippen molar-refractivity contribution in [1.29, 1.82) is 0 Å². The molecule has 0 aromatic rings. The standard InChI is InChI=1S/C13H24OSi.C10H15BrO/c1-11(14-15(5,6)7)13(4)10-8-9-12(13,2)3;1-9(2)5-4-6-10(9,3)8(12)7-11/h8-9H,1,10H2,2-7H3;4-5H,6-7H2,1-3H3/t13-;10-/m00/s1. The molecule has 0 N–H and O–H groups in total. The Hall–Kier alpha value is -0.613. The lowest BCUT2D eigenvalue weighted by atomic mass is 9.67. The first-order valence-electron chi connectivity index (χ1n) is 9.85. The van der Waals surface area contributed by atoms with E-state index in [1.54, 1.807) is 0 Å². The highest BCUT2D eigenvalue weighted by atomic mass is 79.9. The fourth-order valence-corrected chi connectivity index (χ4v) is 5.23. The Morgan fingerprint density at radius 2 is 1.37 bits per heavy atom. The van der Waals surface area contributed by atoms with E-state index in [2.05, 4.69) is 108 Å². The first-order valence-corrected chi connectivity index (χ1v) is 14.4. The van der Waals surface area contributed by atoms with Crippen molar-refractivity contribution in [3.63, 3.8) is 0 Å². The summed E-state index contributed by atoms with van der Waals surface area (Å²) in [5.41, 5.74) is 0.0331. The Kier molecular flexibility index (Phi) is 7.26. The summed E-state index contributed by atoms with van der Waals surface area (Å²) < 4.78 is 6.06. The number of Topliss-reactive ketones (excluding diaryl/α,β-unsaturated/α-hetero) is 1. The van der Waals surface area contributed by atoms with E-state index >= 15 is 0 Å². The molecule has 0 spiro atoms. The van der Waals surface area contributed by atoms with Crippen LogP contribution in [0.4, 0.5) is 0 Å². The number of allylic oxidation sites excluding steroid dienone is 5. The molecule has 0 fully saturated rings. The Balaban J connectivity index is 0.000000277. The highest BCUT2D eigenvalue weighted by Gasteiger charge is 2.47. The zero-order chi connectivity index (χ0) is 21.3. The van der Waals surface area contributed by atoms with Gasteiger partial charge in [-0.05, 0) is 43.3 Å². The predicted molar refractivity (Wildman–Crippen MR) is 124 cm³/mol. The van der Waals surface area contributed by atoms with Crippen molar-refractivity contribution in [2.75, 3.05) is 5.33 Å². The second-order valence-electron chi connectivity index (χ2n) is 10.5. The fraction of sp³-hybridized carbons (Fsp3) is 0.696. The molecule has 154 valence electrons. The summed E-state index contributed by atoms with van der Waals surface area (Å²) in [4.78, 5) is 11.7. The molecular weight excluding hydrogens is 416 g/mol. The third-order valence-corrected chi connectivity index (χ3v) is 8.12. The molecule has 2 aliphatic rings. The molecule has 0 heterocycles. The third kappa shape index (κ3) is 5.06. The normalized spacial score (nSPS) is 30.6. The van der Waals surface area contributed by atoms with Gasteiger partial charge in [0.2, 0.25) is 8.32 Å². The predicted octanol–water partition coefficient (Wildman–Crippen LogP) is 7.29. The quantitative estimate of drug-likeness (QED) is 0.188. The summed E-state index contributed by atoms with van der Waals surface area (Å²) in [5, 5.41) is 0.467. The molecule has 0 saturated carbocycles. The van der Waals surface area contributed by atoms with E-state index in [9.17, 15) is 4.79 Å². The van der Waals surface area contributed by atoms with Crippen LogP contribution in [0, 0.1) is 21.7 Å². The minimum atomic E-state index is -1.52. The van der Waals surface area contributed by atoms with Crippen LogP contribution in [0.1, 0.15) is 54.4 Å². The highest BCUT2D eigenvalue weighted by Crippen LogP contribution is 2.53. The zero-order valence-corrected chi connectivity index (χ0v) is 21.4. The van der Waals surface area contributed by atoms with Gasteiger partial charge in [0.1, 0.15) is 5.78 Å². The molecule has 2 nitrogen and oxygen atoms in total.